The van der Waals surface area contributed by atoms with E-state index in [0.29, 0.717) is 46.5 Å². The molecule has 0 aliphatic rings. The van der Waals surface area contributed by atoms with Crippen molar-refractivity contribution in [3.8, 4) is 22.6 Å². The molecule has 0 bridgehead atoms. The molecule has 0 radical (unpaired) electrons. The van der Waals surface area contributed by atoms with E-state index in [1.807, 2.05) is 0 Å². The summed E-state index contributed by atoms with van der Waals surface area (Å²) in [5.41, 5.74) is -1.32. The van der Waals surface area contributed by atoms with Crippen molar-refractivity contribution in [3.63, 3.8) is 0 Å². The van der Waals surface area contributed by atoms with Gasteiger partial charge in [-0.3, -0.25) is 0 Å². The van der Waals surface area contributed by atoms with Crippen LogP contribution in [0.25, 0.3) is 11.1 Å². The van der Waals surface area contributed by atoms with Crippen LogP contribution in [0.1, 0.15) is 87.8 Å². The van der Waals surface area contributed by atoms with Crippen molar-refractivity contribution in [2.45, 2.75) is 117 Å². The summed E-state index contributed by atoms with van der Waals surface area (Å²) in [6.07, 6.45) is -10.5. The van der Waals surface area contributed by atoms with E-state index in [2.05, 4.69) is 31.9 Å². The van der Waals surface area contributed by atoms with Gasteiger partial charge in [0, 0.05) is 26.1 Å². The molecule has 0 spiro atoms. The van der Waals surface area contributed by atoms with Crippen LogP contribution in [0.5, 0.6) is 11.5 Å². The van der Waals surface area contributed by atoms with Crippen LogP contribution in [0.3, 0.4) is 0 Å². The molecule has 4 aromatic rings. The standard InChI is InChI=1S/C48H54Br2F6O8/c1-7-59-43(45(57)63-29(3)4)27-33-15-19-41(39(49)25-33)61-21-9-11-31-13-17-35(37(23-31)47(51,52)53)36-18-14-32(24-38(36)48(54,55)56)12-10-22-62-42-20-16-34(26-40(42)50)28-44(60-8-2)46(58)64-30(5)6/h13-20,23-26,29-30,43-44H,7-12,21-22,27-28H2,1-6H3/t43-,44?/m0/s1. The summed E-state index contributed by atoms with van der Waals surface area (Å²) in [6.45, 7) is 11.5. The van der Waals surface area contributed by atoms with Crippen LogP contribution in [0.2, 0.25) is 0 Å². The third-order valence-electron chi connectivity index (χ3n) is 9.60. The predicted octanol–water partition coefficient (Wildman–Crippen LogP) is 12.7. The van der Waals surface area contributed by atoms with Gasteiger partial charge in [-0.25, -0.2) is 9.59 Å². The quantitative estimate of drug-likeness (QED) is 0.0412. The Bertz CT molecular complexity index is 2010. The van der Waals surface area contributed by atoms with Crippen LogP contribution in [-0.2, 0) is 66.6 Å². The second kappa shape index (κ2) is 24.4. The maximum absolute atomic E-state index is 14.5. The van der Waals surface area contributed by atoms with Gasteiger partial charge in [0.25, 0.3) is 0 Å². The van der Waals surface area contributed by atoms with Crippen LogP contribution < -0.4 is 9.47 Å². The van der Waals surface area contributed by atoms with E-state index in [-0.39, 0.29) is 62.2 Å². The van der Waals surface area contributed by atoms with E-state index in [0.717, 1.165) is 35.4 Å². The molecule has 0 aromatic heterocycles. The number of alkyl halides is 6. The second-order valence-corrected chi connectivity index (χ2v) is 17.2. The SMILES string of the molecule is CCOC(Cc1ccc(OCCCc2ccc(-c3ccc(CCCOc4ccc(C[C@H](OCC)C(=O)OC(C)C)cc4Br)cc3C(F)(F)F)c(C(F)(F)F)c2)c(Br)c1)C(=O)OC(C)C. The molecule has 1 unspecified atom stereocenters. The first-order valence-electron chi connectivity index (χ1n) is 21.1. The molecule has 0 aliphatic heterocycles. The molecule has 0 N–H and O–H groups in total. The Labute approximate surface area is 387 Å². The van der Waals surface area contributed by atoms with Gasteiger partial charge in [0.2, 0.25) is 0 Å². The Morgan fingerprint density at radius 3 is 1.22 bits per heavy atom. The molecule has 0 heterocycles. The van der Waals surface area contributed by atoms with Crippen molar-refractivity contribution in [3.05, 3.63) is 115 Å². The summed E-state index contributed by atoms with van der Waals surface area (Å²) in [6, 6.07) is 17.3. The largest absolute Gasteiger partial charge is 0.492 e. The monoisotopic (exact) mass is 1030 g/mol. The second-order valence-electron chi connectivity index (χ2n) is 15.5. The molecule has 16 heteroatoms. The van der Waals surface area contributed by atoms with E-state index in [1.165, 1.54) is 12.1 Å². The van der Waals surface area contributed by atoms with Gasteiger partial charge in [0.15, 0.2) is 12.2 Å². The predicted molar refractivity (Wildman–Crippen MR) is 238 cm³/mol. The minimum Gasteiger partial charge on any atom is -0.492 e. The summed E-state index contributed by atoms with van der Waals surface area (Å²) < 4.78 is 122. The van der Waals surface area contributed by atoms with Gasteiger partial charge in [0.1, 0.15) is 11.5 Å². The van der Waals surface area contributed by atoms with Gasteiger partial charge in [-0.1, -0.05) is 36.4 Å². The van der Waals surface area contributed by atoms with Gasteiger partial charge in [-0.2, -0.15) is 26.3 Å². The smallest absolute Gasteiger partial charge is 0.417 e. The normalized spacial score (nSPS) is 12.9. The Kier molecular flexibility index (Phi) is 20.0. The third-order valence-corrected chi connectivity index (χ3v) is 10.8. The Hall–Kier alpha value is -4.12. The maximum atomic E-state index is 14.5. The van der Waals surface area contributed by atoms with Crippen molar-refractivity contribution in [2.24, 2.45) is 0 Å². The Morgan fingerprint density at radius 1 is 0.547 bits per heavy atom. The third kappa shape index (κ3) is 16.1. The minimum atomic E-state index is -4.93. The highest BCUT2D eigenvalue weighted by Crippen LogP contribution is 2.43. The number of hydrogen-bond donors (Lipinski definition) is 0. The highest BCUT2D eigenvalue weighted by Gasteiger charge is 2.39. The molecular formula is C48H54Br2F6O8. The van der Waals surface area contributed by atoms with Crippen LogP contribution >= 0.6 is 31.9 Å². The highest BCUT2D eigenvalue weighted by molar-refractivity contribution is 9.11. The lowest BCUT2D eigenvalue weighted by Crippen LogP contribution is -2.30. The number of aryl methyl sites for hydroxylation is 2. The van der Waals surface area contributed by atoms with Crippen LogP contribution in [0.15, 0.2) is 81.7 Å². The van der Waals surface area contributed by atoms with E-state index in [4.69, 9.17) is 28.4 Å². The highest BCUT2D eigenvalue weighted by atomic mass is 79.9. The summed E-state index contributed by atoms with van der Waals surface area (Å²) >= 11 is 6.95. The van der Waals surface area contributed by atoms with Gasteiger partial charge in [-0.15, -0.1) is 0 Å². The van der Waals surface area contributed by atoms with Gasteiger partial charge < -0.3 is 28.4 Å². The average Bonchev–Trinajstić information content (AvgIpc) is 3.21. The van der Waals surface area contributed by atoms with Crippen molar-refractivity contribution < 1.29 is 64.4 Å². The molecule has 350 valence electrons. The number of esters is 2. The van der Waals surface area contributed by atoms with E-state index in [1.54, 1.807) is 77.9 Å². The molecule has 0 aliphatic carbocycles. The number of ether oxygens (including phenoxy) is 6. The number of hydrogen-bond acceptors (Lipinski definition) is 8. The molecule has 0 fully saturated rings. The average molecular weight is 1030 g/mol. The summed E-state index contributed by atoms with van der Waals surface area (Å²) in [5.74, 6) is 0.0420. The number of carbonyl (C=O) groups excluding carboxylic acids is 2. The summed E-state index contributed by atoms with van der Waals surface area (Å²) in [7, 11) is 0. The topological polar surface area (TPSA) is 89.5 Å². The summed E-state index contributed by atoms with van der Waals surface area (Å²) in [4.78, 5) is 24.9. The Morgan fingerprint density at radius 2 is 0.906 bits per heavy atom. The van der Waals surface area contributed by atoms with Gasteiger partial charge in [0.05, 0.1) is 45.5 Å². The van der Waals surface area contributed by atoms with Crippen LogP contribution in [0, 0.1) is 0 Å². The first kappa shape index (κ1) is 52.5. The first-order chi connectivity index (χ1) is 30.2. The van der Waals surface area contributed by atoms with Crippen molar-refractivity contribution in [1.82, 2.24) is 0 Å². The molecule has 64 heavy (non-hydrogen) atoms. The fourth-order valence-electron chi connectivity index (χ4n) is 6.79. The first-order valence-corrected chi connectivity index (χ1v) is 22.7. The lowest BCUT2D eigenvalue weighted by atomic mass is 9.91. The van der Waals surface area contributed by atoms with E-state index < -0.39 is 58.8 Å². The van der Waals surface area contributed by atoms with Crippen molar-refractivity contribution in [1.29, 1.82) is 0 Å². The summed E-state index contributed by atoms with van der Waals surface area (Å²) in [5, 5.41) is 0. The van der Waals surface area contributed by atoms with E-state index >= 15 is 0 Å². The fourth-order valence-corrected chi connectivity index (χ4v) is 7.88. The van der Waals surface area contributed by atoms with Gasteiger partial charge >= 0.3 is 24.3 Å². The van der Waals surface area contributed by atoms with E-state index in [9.17, 15) is 35.9 Å². The molecule has 0 amide bonds. The van der Waals surface area contributed by atoms with Crippen molar-refractivity contribution in [2.75, 3.05) is 26.4 Å². The number of benzene rings is 4. The van der Waals surface area contributed by atoms with Crippen LogP contribution in [-0.4, -0.2) is 62.8 Å². The molecule has 4 rings (SSSR count). The molecule has 8 nitrogen and oxygen atoms in total. The number of carbonyl (C=O) groups is 2. The Balaban J connectivity index is 1.38. The molecule has 2 atom stereocenters. The maximum Gasteiger partial charge on any atom is 0.417 e. The molecule has 0 saturated carbocycles. The lowest BCUT2D eigenvalue weighted by Gasteiger charge is -2.20. The zero-order chi connectivity index (χ0) is 47.2. The number of rotatable bonds is 23. The number of halogens is 8. The zero-order valence-electron chi connectivity index (χ0n) is 36.6. The zero-order valence-corrected chi connectivity index (χ0v) is 39.8. The van der Waals surface area contributed by atoms with Gasteiger partial charge in [-0.05, 0) is 169 Å². The molecule has 0 saturated heterocycles. The fraction of sp³-hybridized carbons (Fsp3) is 0.458. The molecule has 4 aromatic carbocycles. The van der Waals surface area contributed by atoms with Crippen molar-refractivity contribution >= 4 is 43.8 Å². The van der Waals surface area contributed by atoms with Crippen LogP contribution in [0.4, 0.5) is 26.3 Å². The molecular weight excluding hydrogens is 978 g/mol. The lowest BCUT2D eigenvalue weighted by molar-refractivity contribution is -0.161. The minimum absolute atomic E-state index is 0.144.